The van der Waals surface area contributed by atoms with Crippen molar-refractivity contribution in [2.75, 3.05) is 19.6 Å². The maximum Gasteiger partial charge on any atom is 0.416 e. The Bertz CT molecular complexity index is 644. The fraction of sp³-hybridized carbons (Fsp3) is 0.571. The minimum atomic E-state index is -4.48. The second-order valence-electron chi connectivity index (χ2n) is 5.59. The summed E-state index contributed by atoms with van der Waals surface area (Å²) in [6.07, 6.45) is -2.90. The largest absolute Gasteiger partial charge is 0.416 e. The molecule has 0 radical (unpaired) electrons. The molecule has 1 aliphatic heterocycles. The van der Waals surface area contributed by atoms with E-state index >= 15 is 0 Å². The van der Waals surface area contributed by atoms with Crippen molar-refractivity contribution in [1.82, 2.24) is 4.31 Å². The monoisotopic (exact) mass is 336 g/mol. The highest BCUT2D eigenvalue weighted by Gasteiger charge is 2.34. The number of alkyl halides is 3. The van der Waals surface area contributed by atoms with E-state index in [-0.39, 0.29) is 16.4 Å². The number of nitrogens with two attached hydrogens (primary N) is 1. The molecule has 1 atom stereocenters. The van der Waals surface area contributed by atoms with Crippen molar-refractivity contribution in [3.8, 4) is 0 Å². The van der Waals surface area contributed by atoms with Gasteiger partial charge in [-0.3, -0.25) is 0 Å². The average molecular weight is 336 g/mol. The Balaban J connectivity index is 2.34. The van der Waals surface area contributed by atoms with E-state index in [1.165, 1.54) is 11.2 Å². The molecule has 2 rings (SSSR count). The van der Waals surface area contributed by atoms with Gasteiger partial charge in [-0.1, -0.05) is 0 Å². The Kier molecular flexibility index (Phi) is 4.84. The number of benzene rings is 1. The lowest BCUT2D eigenvalue weighted by atomic mass is 10.0. The first-order valence-electron chi connectivity index (χ1n) is 7.04. The van der Waals surface area contributed by atoms with Crippen LogP contribution in [0.15, 0.2) is 23.1 Å². The van der Waals surface area contributed by atoms with Crippen LogP contribution in [-0.4, -0.2) is 32.4 Å². The van der Waals surface area contributed by atoms with Gasteiger partial charge >= 0.3 is 6.18 Å². The van der Waals surface area contributed by atoms with Crippen LogP contribution in [0.2, 0.25) is 0 Å². The van der Waals surface area contributed by atoms with E-state index in [1.807, 2.05) is 0 Å². The predicted molar refractivity (Wildman–Crippen MR) is 76.7 cm³/mol. The van der Waals surface area contributed by atoms with Crippen LogP contribution in [0.5, 0.6) is 0 Å². The van der Waals surface area contributed by atoms with E-state index in [1.54, 1.807) is 0 Å². The zero-order chi connectivity index (χ0) is 16.5. The molecule has 8 heteroatoms. The van der Waals surface area contributed by atoms with Crippen LogP contribution >= 0.6 is 0 Å². The molecule has 1 aromatic rings. The predicted octanol–water partition coefficient (Wildman–Crippen LogP) is 2.37. The number of piperidine rings is 1. The van der Waals surface area contributed by atoms with E-state index in [0.29, 0.717) is 26.1 Å². The van der Waals surface area contributed by atoms with Crippen LogP contribution in [0, 0.1) is 12.8 Å². The normalized spacial score (nSPS) is 21.0. The lowest BCUT2D eigenvalue weighted by molar-refractivity contribution is -0.137. The van der Waals surface area contributed by atoms with E-state index in [9.17, 15) is 21.6 Å². The van der Waals surface area contributed by atoms with Crippen LogP contribution in [0.4, 0.5) is 13.2 Å². The van der Waals surface area contributed by atoms with E-state index < -0.39 is 21.8 Å². The molecule has 124 valence electrons. The summed E-state index contributed by atoms with van der Waals surface area (Å²) in [4.78, 5) is -0.0711. The fourth-order valence-corrected chi connectivity index (χ4v) is 4.45. The first-order valence-corrected chi connectivity index (χ1v) is 8.48. The van der Waals surface area contributed by atoms with Gasteiger partial charge in [0, 0.05) is 13.1 Å². The molecule has 4 nitrogen and oxygen atoms in total. The minimum absolute atomic E-state index is 0.0711. The maximum atomic E-state index is 12.7. The number of rotatable bonds is 3. The SMILES string of the molecule is Cc1cc(C(F)(F)F)ccc1S(=O)(=O)N1CCCC(CN)C1. The number of hydrogen-bond donors (Lipinski definition) is 1. The molecule has 22 heavy (non-hydrogen) atoms. The number of halogens is 3. The minimum Gasteiger partial charge on any atom is -0.330 e. The Morgan fingerprint density at radius 3 is 2.59 bits per heavy atom. The van der Waals surface area contributed by atoms with Crippen LogP contribution in [0.25, 0.3) is 0 Å². The molecule has 1 heterocycles. The Labute approximate surface area is 128 Å². The molecule has 0 bridgehead atoms. The van der Waals surface area contributed by atoms with Crippen LogP contribution < -0.4 is 5.73 Å². The smallest absolute Gasteiger partial charge is 0.330 e. The molecular weight excluding hydrogens is 317 g/mol. The van der Waals surface area contributed by atoms with Gasteiger partial charge in [0.05, 0.1) is 10.5 Å². The van der Waals surface area contributed by atoms with Crippen molar-refractivity contribution < 1.29 is 21.6 Å². The van der Waals surface area contributed by atoms with Crippen molar-refractivity contribution in [1.29, 1.82) is 0 Å². The Morgan fingerprint density at radius 2 is 2.05 bits per heavy atom. The zero-order valence-electron chi connectivity index (χ0n) is 12.2. The molecule has 0 aliphatic carbocycles. The molecule has 1 aromatic carbocycles. The molecule has 0 saturated carbocycles. The second kappa shape index (κ2) is 6.17. The lowest BCUT2D eigenvalue weighted by Crippen LogP contribution is -2.42. The second-order valence-corrected chi connectivity index (χ2v) is 7.49. The third-order valence-corrected chi connectivity index (χ3v) is 5.96. The van der Waals surface area contributed by atoms with Gasteiger partial charge in [0.2, 0.25) is 10.0 Å². The van der Waals surface area contributed by atoms with Gasteiger partial charge in [0.15, 0.2) is 0 Å². The third-order valence-electron chi connectivity index (χ3n) is 3.94. The van der Waals surface area contributed by atoms with Crippen molar-refractivity contribution >= 4 is 10.0 Å². The van der Waals surface area contributed by atoms with Crippen molar-refractivity contribution in [3.05, 3.63) is 29.3 Å². The summed E-state index contributed by atoms with van der Waals surface area (Å²) in [5.74, 6) is 0.0956. The highest BCUT2D eigenvalue weighted by molar-refractivity contribution is 7.89. The van der Waals surface area contributed by atoms with Gasteiger partial charge in [0.1, 0.15) is 0 Å². The summed E-state index contributed by atoms with van der Waals surface area (Å²) in [5, 5.41) is 0. The molecule has 1 fully saturated rings. The maximum absolute atomic E-state index is 12.7. The molecule has 1 unspecified atom stereocenters. The number of hydrogen-bond acceptors (Lipinski definition) is 3. The quantitative estimate of drug-likeness (QED) is 0.922. The molecule has 1 aliphatic rings. The van der Waals surface area contributed by atoms with E-state index in [2.05, 4.69) is 0 Å². The van der Waals surface area contributed by atoms with Gasteiger partial charge in [0.25, 0.3) is 0 Å². The van der Waals surface area contributed by atoms with Gasteiger partial charge in [-0.05, 0) is 56.0 Å². The van der Waals surface area contributed by atoms with Crippen LogP contribution in [0.1, 0.15) is 24.0 Å². The third kappa shape index (κ3) is 3.44. The summed E-state index contributed by atoms with van der Waals surface area (Å²) in [6, 6.07) is 2.72. The molecular formula is C14H19F3N2O2S. The molecule has 0 spiro atoms. The Hall–Kier alpha value is -1.12. The molecule has 0 aromatic heterocycles. The van der Waals surface area contributed by atoms with Gasteiger partial charge in [-0.2, -0.15) is 17.5 Å². The van der Waals surface area contributed by atoms with Gasteiger partial charge in [-0.25, -0.2) is 8.42 Å². The average Bonchev–Trinajstić information content (AvgIpc) is 2.46. The fourth-order valence-electron chi connectivity index (χ4n) is 2.69. The van der Waals surface area contributed by atoms with E-state index in [4.69, 9.17) is 5.73 Å². The zero-order valence-corrected chi connectivity index (χ0v) is 13.0. The number of aryl methyl sites for hydroxylation is 1. The summed E-state index contributed by atoms with van der Waals surface area (Å²) in [7, 11) is -3.79. The van der Waals surface area contributed by atoms with Crippen LogP contribution in [0.3, 0.4) is 0 Å². The highest BCUT2D eigenvalue weighted by atomic mass is 32.2. The first kappa shape index (κ1) is 17.2. The summed E-state index contributed by atoms with van der Waals surface area (Å²) >= 11 is 0. The lowest BCUT2D eigenvalue weighted by Gasteiger charge is -2.31. The molecule has 0 amide bonds. The van der Waals surface area contributed by atoms with Crippen LogP contribution in [-0.2, 0) is 16.2 Å². The number of nitrogens with zero attached hydrogens (tertiary/aromatic N) is 1. The van der Waals surface area contributed by atoms with Gasteiger partial charge < -0.3 is 5.73 Å². The standard InChI is InChI=1S/C14H19F3N2O2S/c1-10-7-12(14(15,16)17)4-5-13(10)22(20,21)19-6-2-3-11(8-18)9-19/h4-5,7,11H,2-3,6,8-9,18H2,1H3. The Morgan fingerprint density at radius 1 is 1.36 bits per heavy atom. The topological polar surface area (TPSA) is 63.4 Å². The number of sulfonamides is 1. The molecule has 1 saturated heterocycles. The molecule has 2 N–H and O–H groups in total. The van der Waals surface area contributed by atoms with E-state index in [0.717, 1.165) is 24.6 Å². The van der Waals surface area contributed by atoms with Crippen molar-refractivity contribution in [2.24, 2.45) is 11.7 Å². The van der Waals surface area contributed by atoms with Gasteiger partial charge in [-0.15, -0.1) is 0 Å². The van der Waals surface area contributed by atoms with Crippen molar-refractivity contribution in [2.45, 2.75) is 30.8 Å². The summed E-state index contributed by atoms with van der Waals surface area (Å²) in [5.41, 5.74) is 4.86. The van der Waals surface area contributed by atoms with Crippen molar-refractivity contribution in [3.63, 3.8) is 0 Å². The first-order chi connectivity index (χ1) is 10.2. The highest BCUT2D eigenvalue weighted by Crippen LogP contribution is 2.32. The summed E-state index contributed by atoms with van der Waals surface area (Å²) < 4.78 is 64.6. The summed E-state index contributed by atoms with van der Waals surface area (Å²) in [6.45, 7) is 2.48.